The maximum atomic E-state index is 12.7. The highest BCUT2D eigenvalue weighted by Gasteiger charge is 2.37. The molecule has 7 heteroatoms. The van der Waals surface area contributed by atoms with Crippen LogP contribution in [0.25, 0.3) is 0 Å². The zero-order chi connectivity index (χ0) is 18.8. The maximum absolute atomic E-state index is 12.7. The number of phenolic OH excluding ortho intramolecular Hbond substituents is 1. The van der Waals surface area contributed by atoms with Crippen molar-refractivity contribution >= 4 is 34.7 Å². The highest BCUT2D eigenvalue weighted by Crippen LogP contribution is 2.42. The van der Waals surface area contributed by atoms with E-state index in [0.717, 1.165) is 42.6 Å². The molecule has 1 aromatic carbocycles. The predicted molar refractivity (Wildman–Crippen MR) is 106 cm³/mol. The number of aromatic hydroxyl groups is 1. The van der Waals surface area contributed by atoms with Gasteiger partial charge >= 0.3 is 0 Å². The number of allylic oxidation sites excluding steroid dienone is 1. The van der Waals surface area contributed by atoms with E-state index in [1.165, 1.54) is 0 Å². The van der Waals surface area contributed by atoms with Crippen LogP contribution in [0, 0.1) is 0 Å². The molecule has 1 aromatic rings. The third kappa shape index (κ3) is 3.40. The van der Waals surface area contributed by atoms with Gasteiger partial charge in [-0.25, -0.2) is 0 Å². The number of nitrogens with zero attached hydrogens (tertiary/aromatic N) is 1. The third-order valence-corrected chi connectivity index (χ3v) is 5.31. The van der Waals surface area contributed by atoms with Gasteiger partial charge in [0.2, 0.25) is 0 Å². The van der Waals surface area contributed by atoms with E-state index in [2.05, 4.69) is 12.2 Å². The minimum absolute atomic E-state index is 0.0903. The van der Waals surface area contributed by atoms with Crippen LogP contribution < -0.4 is 10.1 Å². The van der Waals surface area contributed by atoms with Crippen LogP contribution in [0.5, 0.6) is 11.5 Å². The number of ether oxygens (including phenoxy) is 1. The Morgan fingerprint density at radius 2 is 2.15 bits per heavy atom. The number of halogens is 1. The molecule has 0 bridgehead atoms. The number of nitrogens with one attached hydrogen (secondary N) is 1. The van der Waals surface area contributed by atoms with Crippen molar-refractivity contribution in [3.63, 3.8) is 0 Å². The van der Waals surface area contributed by atoms with E-state index in [1.54, 1.807) is 12.1 Å². The minimum Gasteiger partial charge on any atom is -0.503 e. The Labute approximate surface area is 164 Å². The van der Waals surface area contributed by atoms with Gasteiger partial charge in [-0.2, -0.15) is 0 Å². The number of Topliss-reactive ketones (excluding diaryl/α,β-unsaturated/α-hetero) is 1. The van der Waals surface area contributed by atoms with E-state index in [0.29, 0.717) is 23.9 Å². The minimum atomic E-state index is -0.379. The Kier molecular flexibility index (Phi) is 5.73. The van der Waals surface area contributed by atoms with E-state index in [-0.39, 0.29) is 22.6 Å². The van der Waals surface area contributed by atoms with Crippen LogP contribution >= 0.6 is 23.8 Å². The van der Waals surface area contributed by atoms with Crippen molar-refractivity contribution in [1.82, 2.24) is 10.2 Å². The first-order valence-corrected chi connectivity index (χ1v) is 9.76. The average Bonchev–Trinajstić information content (AvgIpc) is 2.61. The number of phenols is 1. The second-order valence-corrected chi connectivity index (χ2v) is 7.25. The quantitative estimate of drug-likeness (QED) is 0.733. The van der Waals surface area contributed by atoms with Gasteiger partial charge in [-0.3, -0.25) is 4.79 Å². The zero-order valence-electron chi connectivity index (χ0n) is 15.0. The van der Waals surface area contributed by atoms with Crippen molar-refractivity contribution in [2.24, 2.45) is 0 Å². The van der Waals surface area contributed by atoms with E-state index in [4.69, 9.17) is 28.6 Å². The van der Waals surface area contributed by atoms with Gasteiger partial charge in [-0.15, -0.1) is 0 Å². The summed E-state index contributed by atoms with van der Waals surface area (Å²) in [7, 11) is 0. The summed E-state index contributed by atoms with van der Waals surface area (Å²) in [6.45, 7) is 5.11. The van der Waals surface area contributed by atoms with Crippen molar-refractivity contribution in [3.05, 3.63) is 34.0 Å². The summed E-state index contributed by atoms with van der Waals surface area (Å²) in [5.41, 5.74) is 2.53. The van der Waals surface area contributed by atoms with E-state index in [1.807, 2.05) is 11.8 Å². The molecular formula is C19H23ClN2O3S. The monoisotopic (exact) mass is 394 g/mol. The lowest BCUT2D eigenvalue weighted by atomic mass is 9.84. The lowest BCUT2D eigenvalue weighted by Crippen LogP contribution is -2.49. The van der Waals surface area contributed by atoms with Gasteiger partial charge < -0.3 is 20.1 Å². The highest BCUT2D eigenvalue weighted by molar-refractivity contribution is 7.80. The van der Waals surface area contributed by atoms with Crippen molar-refractivity contribution < 1.29 is 14.6 Å². The molecule has 26 heavy (non-hydrogen) atoms. The molecule has 0 spiro atoms. The summed E-state index contributed by atoms with van der Waals surface area (Å²) in [4.78, 5) is 14.8. The SMILES string of the molecule is CCCN1C(=S)NC(c2cc(Cl)c(O)c(OCC)c2)C2=C1CCCC2=O. The van der Waals surface area contributed by atoms with Gasteiger partial charge in [-0.1, -0.05) is 18.5 Å². The molecule has 1 aliphatic heterocycles. The summed E-state index contributed by atoms with van der Waals surface area (Å²) >= 11 is 11.8. The van der Waals surface area contributed by atoms with E-state index >= 15 is 0 Å². The number of carbonyl (C=O) groups is 1. The lowest BCUT2D eigenvalue weighted by Gasteiger charge is -2.41. The molecular weight excluding hydrogens is 372 g/mol. The second-order valence-electron chi connectivity index (χ2n) is 6.45. The zero-order valence-corrected chi connectivity index (χ0v) is 16.5. The van der Waals surface area contributed by atoms with Crippen LogP contribution in [-0.4, -0.2) is 34.1 Å². The Balaban J connectivity index is 2.11. The van der Waals surface area contributed by atoms with Gasteiger partial charge in [0.15, 0.2) is 22.4 Å². The number of hydrogen-bond donors (Lipinski definition) is 2. The second kappa shape index (κ2) is 7.84. The first kappa shape index (κ1) is 19.0. The lowest BCUT2D eigenvalue weighted by molar-refractivity contribution is -0.116. The molecule has 0 amide bonds. The molecule has 1 heterocycles. The Morgan fingerprint density at radius 1 is 1.38 bits per heavy atom. The first-order valence-electron chi connectivity index (χ1n) is 8.97. The van der Waals surface area contributed by atoms with Crippen molar-refractivity contribution in [2.45, 2.75) is 45.6 Å². The van der Waals surface area contributed by atoms with Crippen LogP contribution in [0.1, 0.15) is 51.1 Å². The molecule has 1 unspecified atom stereocenters. The Morgan fingerprint density at radius 3 is 2.85 bits per heavy atom. The molecule has 5 nitrogen and oxygen atoms in total. The van der Waals surface area contributed by atoms with E-state index < -0.39 is 0 Å². The number of benzene rings is 1. The molecule has 0 saturated heterocycles. The fraction of sp³-hybridized carbons (Fsp3) is 0.474. The van der Waals surface area contributed by atoms with Crippen LogP contribution in [0.2, 0.25) is 5.02 Å². The van der Waals surface area contributed by atoms with Gasteiger partial charge in [0, 0.05) is 24.2 Å². The Bertz CT molecular complexity index is 778. The number of thiocarbonyl (C=S) groups is 1. The fourth-order valence-electron chi connectivity index (χ4n) is 3.59. The van der Waals surface area contributed by atoms with Gasteiger partial charge in [-0.05, 0) is 56.1 Å². The molecule has 2 aliphatic rings. The van der Waals surface area contributed by atoms with Crippen molar-refractivity contribution in [1.29, 1.82) is 0 Å². The van der Waals surface area contributed by atoms with E-state index in [9.17, 15) is 9.90 Å². The summed E-state index contributed by atoms with van der Waals surface area (Å²) in [6.07, 6.45) is 3.15. The molecule has 3 rings (SSSR count). The van der Waals surface area contributed by atoms with Crippen LogP contribution in [-0.2, 0) is 4.79 Å². The average molecular weight is 395 g/mol. The molecule has 2 N–H and O–H groups in total. The van der Waals surface area contributed by atoms with Crippen molar-refractivity contribution in [2.75, 3.05) is 13.2 Å². The molecule has 1 aliphatic carbocycles. The molecule has 140 valence electrons. The normalized spacial score (nSPS) is 20.1. The molecule has 0 fully saturated rings. The summed E-state index contributed by atoms with van der Waals surface area (Å²) < 4.78 is 5.49. The Hall–Kier alpha value is -1.79. The van der Waals surface area contributed by atoms with Gasteiger partial charge in [0.25, 0.3) is 0 Å². The summed E-state index contributed by atoms with van der Waals surface area (Å²) in [5, 5.41) is 14.2. The highest BCUT2D eigenvalue weighted by atomic mass is 35.5. The molecule has 0 radical (unpaired) electrons. The fourth-order valence-corrected chi connectivity index (χ4v) is 4.13. The topological polar surface area (TPSA) is 61.8 Å². The van der Waals surface area contributed by atoms with Crippen LogP contribution in [0.3, 0.4) is 0 Å². The van der Waals surface area contributed by atoms with Gasteiger partial charge in [0.05, 0.1) is 17.7 Å². The summed E-state index contributed by atoms with van der Waals surface area (Å²) in [5.74, 6) is 0.353. The number of carbonyl (C=O) groups excluding carboxylic acids is 1. The first-order chi connectivity index (χ1) is 12.5. The summed E-state index contributed by atoms with van der Waals surface area (Å²) in [6, 6.07) is 3.02. The predicted octanol–water partition coefficient (Wildman–Crippen LogP) is 4.09. The van der Waals surface area contributed by atoms with Crippen LogP contribution in [0.15, 0.2) is 23.4 Å². The smallest absolute Gasteiger partial charge is 0.176 e. The molecule has 0 saturated carbocycles. The number of rotatable bonds is 5. The standard InChI is InChI=1S/C19H23ClN2O3S/c1-3-8-22-13-6-5-7-14(23)16(13)17(21-19(22)26)11-9-12(20)18(24)15(10-11)25-4-2/h9-10,17,24H,3-8H2,1-2H3,(H,21,26). The van der Waals surface area contributed by atoms with Crippen LogP contribution in [0.4, 0.5) is 0 Å². The third-order valence-electron chi connectivity index (χ3n) is 4.69. The number of hydrogen-bond acceptors (Lipinski definition) is 4. The maximum Gasteiger partial charge on any atom is 0.176 e. The van der Waals surface area contributed by atoms with Gasteiger partial charge in [0.1, 0.15) is 0 Å². The molecule has 1 atom stereocenters. The largest absolute Gasteiger partial charge is 0.503 e. The molecule has 0 aromatic heterocycles. The van der Waals surface area contributed by atoms with Crippen molar-refractivity contribution in [3.8, 4) is 11.5 Å². The number of ketones is 1.